The molecule has 0 aromatic heterocycles. The average Bonchev–Trinajstić information content (AvgIpc) is 2.32. The number of aliphatic imine (C=N–C) groups is 2. The lowest BCUT2D eigenvalue weighted by atomic mass is 10.1. The number of hydrogen-bond donors (Lipinski definition) is 0. The van der Waals surface area contributed by atoms with Gasteiger partial charge < -0.3 is 0 Å². The molecule has 0 N–H and O–H groups in total. The van der Waals surface area contributed by atoms with Crippen LogP contribution >= 0.6 is 0 Å². The van der Waals surface area contributed by atoms with Gasteiger partial charge in [0.2, 0.25) is 0 Å². The second kappa shape index (κ2) is 4.86. The van der Waals surface area contributed by atoms with Crippen LogP contribution < -0.4 is 0 Å². The summed E-state index contributed by atoms with van der Waals surface area (Å²) in [4.78, 5) is 8.58. The Bertz CT molecular complexity index is 214. The van der Waals surface area contributed by atoms with Gasteiger partial charge in [0.1, 0.15) is 5.84 Å². The summed E-state index contributed by atoms with van der Waals surface area (Å²) in [5, 5.41) is 0. The van der Waals surface area contributed by atoms with E-state index in [1.54, 1.807) is 0 Å². The molecule has 12 heavy (non-hydrogen) atoms. The van der Waals surface area contributed by atoms with E-state index < -0.39 is 0 Å². The fraction of sp³-hybridized carbons (Fsp3) is 0.600. The summed E-state index contributed by atoms with van der Waals surface area (Å²) in [7, 11) is 0. The van der Waals surface area contributed by atoms with E-state index >= 15 is 0 Å². The van der Waals surface area contributed by atoms with Gasteiger partial charge in [0, 0.05) is 24.8 Å². The van der Waals surface area contributed by atoms with Crippen molar-refractivity contribution in [3.63, 3.8) is 0 Å². The van der Waals surface area contributed by atoms with Gasteiger partial charge in [-0.05, 0) is 6.42 Å². The van der Waals surface area contributed by atoms with Crippen molar-refractivity contribution in [2.75, 3.05) is 0 Å². The maximum absolute atomic E-state index is 4.30. The fourth-order valence-electron chi connectivity index (χ4n) is 1.25. The molecule has 2 heteroatoms. The summed E-state index contributed by atoms with van der Waals surface area (Å²) in [6.45, 7) is 4.37. The predicted molar refractivity (Wildman–Crippen MR) is 53.8 cm³/mol. The van der Waals surface area contributed by atoms with Crippen LogP contribution in [0.15, 0.2) is 22.3 Å². The number of amidine groups is 1. The van der Waals surface area contributed by atoms with Gasteiger partial charge in [0.05, 0.1) is 0 Å². The van der Waals surface area contributed by atoms with Crippen LogP contribution in [0, 0.1) is 5.92 Å². The average molecular weight is 164 g/mol. The molecule has 1 heterocycles. The Kier molecular flexibility index (Phi) is 3.71. The molecule has 2 nitrogen and oxygen atoms in total. The molecule has 1 unspecified atom stereocenters. The van der Waals surface area contributed by atoms with Crippen molar-refractivity contribution in [1.29, 1.82) is 0 Å². The molecule has 1 aliphatic heterocycles. The van der Waals surface area contributed by atoms with E-state index in [0.29, 0.717) is 5.92 Å². The maximum atomic E-state index is 4.30. The first-order chi connectivity index (χ1) is 5.84. The number of rotatable bonds is 3. The van der Waals surface area contributed by atoms with Crippen LogP contribution in [0.2, 0.25) is 0 Å². The zero-order valence-corrected chi connectivity index (χ0v) is 7.83. The molecule has 0 saturated heterocycles. The third kappa shape index (κ3) is 2.61. The van der Waals surface area contributed by atoms with Crippen molar-refractivity contribution >= 4 is 12.1 Å². The molecule has 0 aromatic carbocycles. The van der Waals surface area contributed by atoms with Gasteiger partial charge in [-0.25, -0.2) is 9.98 Å². The molecule has 0 aromatic rings. The van der Waals surface area contributed by atoms with E-state index in [9.17, 15) is 0 Å². The summed E-state index contributed by atoms with van der Waals surface area (Å²) in [6.07, 6.45) is 9.08. The highest BCUT2D eigenvalue weighted by Gasteiger charge is 2.07. The van der Waals surface area contributed by atoms with Gasteiger partial charge in [0.25, 0.3) is 0 Å². The van der Waals surface area contributed by atoms with Gasteiger partial charge >= 0.3 is 0 Å². The Balaban J connectivity index is 2.59. The van der Waals surface area contributed by atoms with Crippen LogP contribution in [0.25, 0.3) is 0 Å². The first-order valence-corrected chi connectivity index (χ1v) is 4.59. The maximum Gasteiger partial charge on any atom is 0.130 e. The third-order valence-electron chi connectivity index (χ3n) is 1.94. The largest absolute Gasteiger partial charge is 0.245 e. The molecular weight excluding hydrogens is 148 g/mol. The zero-order chi connectivity index (χ0) is 8.81. The summed E-state index contributed by atoms with van der Waals surface area (Å²) in [5.41, 5.74) is 0. The third-order valence-corrected chi connectivity index (χ3v) is 1.94. The molecule has 0 amide bonds. The van der Waals surface area contributed by atoms with Gasteiger partial charge in [-0.15, -0.1) is 0 Å². The van der Waals surface area contributed by atoms with Crippen molar-refractivity contribution in [2.45, 2.75) is 33.1 Å². The molecule has 0 bridgehead atoms. The standard InChI is InChI=1S/C10H16N2/c1-3-6-9(2)10-11-7-4-5-8-12-10/h4,7-9H,3,5-6H2,1-2H3. The predicted octanol–water partition coefficient (Wildman–Crippen LogP) is 2.81. The minimum Gasteiger partial charge on any atom is -0.245 e. The van der Waals surface area contributed by atoms with Crippen molar-refractivity contribution < 1.29 is 0 Å². The smallest absolute Gasteiger partial charge is 0.130 e. The van der Waals surface area contributed by atoms with Crippen LogP contribution in [0.3, 0.4) is 0 Å². The second-order valence-corrected chi connectivity index (χ2v) is 3.11. The molecule has 0 radical (unpaired) electrons. The molecule has 1 aliphatic rings. The monoisotopic (exact) mass is 164 g/mol. The number of hydrogen-bond acceptors (Lipinski definition) is 2. The second-order valence-electron chi connectivity index (χ2n) is 3.11. The van der Waals surface area contributed by atoms with Gasteiger partial charge in [-0.1, -0.05) is 26.3 Å². The Morgan fingerprint density at radius 1 is 1.58 bits per heavy atom. The van der Waals surface area contributed by atoms with Crippen LogP contribution in [0.5, 0.6) is 0 Å². The summed E-state index contributed by atoms with van der Waals surface area (Å²) >= 11 is 0. The van der Waals surface area contributed by atoms with Crippen LogP contribution in [-0.4, -0.2) is 12.1 Å². The highest BCUT2D eigenvalue weighted by molar-refractivity contribution is 5.92. The topological polar surface area (TPSA) is 24.7 Å². The molecule has 0 spiro atoms. The molecule has 0 aliphatic carbocycles. The van der Waals surface area contributed by atoms with E-state index in [-0.39, 0.29) is 0 Å². The van der Waals surface area contributed by atoms with E-state index in [1.807, 2.05) is 18.5 Å². The fourth-order valence-corrected chi connectivity index (χ4v) is 1.25. The van der Waals surface area contributed by atoms with E-state index in [0.717, 1.165) is 12.3 Å². The van der Waals surface area contributed by atoms with Crippen molar-refractivity contribution in [1.82, 2.24) is 0 Å². The summed E-state index contributed by atoms with van der Waals surface area (Å²) in [5.74, 6) is 1.47. The van der Waals surface area contributed by atoms with E-state index in [4.69, 9.17) is 0 Å². The highest BCUT2D eigenvalue weighted by atomic mass is 14.9. The SMILES string of the molecule is CCCC(C)C1=NC=CCC=N1. The summed E-state index contributed by atoms with van der Waals surface area (Å²) in [6, 6.07) is 0. The van der Waals surface area contributed by atoms with Crippen molar-refractivity contribution in [3.8, 4) is 0 Å². The molecular formula is C10H16N2. The first kappa shape index (κ1) is 9.17. The van der Waals surface area contributed by atoms with E-state index in [2.05, 4.69) is 23.8 Å². The lowest BCUT2D eigenvalue weighted by molar-refractivity contribution is 0.662. The Labute approximate surface area is 74.1 Å². The minimum absolute atomic E-state index is 0.494. The lowest BCUT2D eigenvalue weighted by Gasteiger charge is -2.07. The Morgan fingerprint density at radius 2 is 2.42 bits per heavy atom. The van der Waals surface area contributed by atoms with Crippen molar-refractivity contribution in [3.05, 3.63) is 12.3 Å². The van der Waals surface area contributed by atoms with Gasteiger partial charge in [-0.3, -0.25) is 0 Å². The minimum atomic E-state index is 0.494. The molecule has 0 fully saturated rings. The van der Waals surface area contributed by atoms with Gasteiger partial charge in [-0.2, -0.15) is 0 Å². The summed E-state index contributed by atoms with van der Waals surface area (Å²) < 4.78 is 0. The number of allylic oxidation sites excluding steroid dienone is 1. The Hall–Kier alpha value is -0.920. The highest BCUT2D eigenvalue weighted by Crippen LogP contribution is 2.10. The van der Waals surface area contributed by atoms with E-state index in [1.165, 1.54) is 12.8 Å². The Morgan fingerprint density at radius 3 is 3.17 bits per heavy atom. The van der Waals surface area contributed by atoms with Crippen LogP contribution in [0.4, 0.5) is 0 Å². The zero-order valence-electron chi connectivity index (χ0n) is 7.83. The lowest BCUT2D eigenvalue weighted by Crippen LogP contribution is -2.07. The normalized spacial score (nSPS) is 18.7. The molecule has 1 rings (SSSR count). The van der Waals surface area contributed by atoms with Crippen LogP contribution in [-0.2, 0) is 0 Å². The first-order valence-electron chi connectivity index (χ1n) is 4.59. The molecule has 66 valence electrons. The van der Waals surface area contributed by atoms with Gasteiger partial charge in [0.15, 0.2) is 0 Å². The molecule has 0 saturated carbocycles. The van der Waals surface area contributed by atoms with Crippen LogP contribution in [0.1, 0.15) is 33.1 Å². The van der Waals surface area contributed by atoms with Crippen molar-refractivity contribution in [2.24, 2.45) is 15.9 Å². The quantitative estimate of drug-likeness (QED) is 0.612. The number of nitrogens with zero attached hydrogens (tertiary/aromatic N) is 2. The molecule has 1 atom stereocenters.